The van der Waals surface area contributed by atoms with Crippen LogP contribution in [0, 0.1) is 5.92 Å². The van der Waals surface area contributed by atoms with E-state index in [1.165, 1.54) is 0 Å². The number of carbonyl (C=O) groups is 6. The quantitative estimate of drug-likeness (QED) is 0.0641. The molecule has 300 valence electrons. The van der Waals surface area contributed by atoms with E-state index < -0.39 is 183 Å². The first kappa shape index (κ1) is 38.1. The minimum absolute atomic E-state index is 0.425. The standard InChI is InChI=1S/C34H26O23/c35-10-1-6-15(22(43)19(10)40)16-7(2-11(36)20(41)23(16)44)30(47)56-27-25-13(5-52-29(6)46)53-34(51)28(27)57-31(48)8-3-12(37)21(42)26-18(8)17(24(45)33(50)55-26)9(4-14(38)39)32(49)54-25/h1-3,9,13,17,24-25,27-28,34-37,40-45,51H,4-5H2,(H,38,39)/t9-,13+,17-,24-,25+,27-,28+,34+/m0/s1. The van der Waals surface area contributed by atoms with E-state index in [0.29, 0.717) is 18.2 Å². The molecule has 4 aliphatic heterocycles. The summed E-state index contributed by atoms with van der Waals surface area (Å²) in [6, 6.07) is 1.44. The fourth-order valence-electron chi connectivity index (χ4n) is 7.06. The summed E-state index contributed by atoms with van der Waals surface area (Å²) in [5.74, 6) is -25.5. The van der Waals surface area contributed by atoms with Crippen molar-refractivity contribution >= 4 is 35.8 Å². The lowest BCUT2D eigenvalue weighted by atomic mass is 9.76. The van der Waals surface area contributed by atoms with E-state index >= 15 is 0 Å². The van der Waals surface area contributed by atoms with Crippen LogP contribution in [-0.2, 0) is 38.1 Å². The average Bonchev–Trinajstić information content (AvgIpc) is 3.16. The zero-order valence-electron chi connectivity index (χ0n) is 28.1. The van der Waals surface area contributed by atoms with Gasteiger partial charge in [-0.25, -0.2) is 19.2 Å². The van der Waals surface area contributed by atoms with Gasteiger partial charge in [0.15, 0.2) is 65.2 Å². The summed E-state index contributed by atoms with van der Waals surface area (Å²) in [7, 11) is 0. The lowest BCUT2D eigenvalue weighted by Crippen LogP contribution is -2.62. The van der Waals surface area contributed by atoms with Gasteiger partial charge in [0.1, 0.15) is 12.7 Å². The first-order chi connectivity index (χ1) is 26.8. The normalized spacial score (nSPS) is 26.9. The number of ether oxygens (including phenoxy) is 6. The molecule has 4 aliphatic rings. The molecular formula is C34H26O23. The molecule has 3 aromatic rings. The molecule has 4 bridgehead atoms. The van der Waals surface area contributed by atoms with Gasteiger partial charge in [-0.2, -0.15) is 0 Å². The molecule has 0 unspecified atom stereocenters. The van der Waals surface area contributed by atoms with Gasteiger partial charge in [-0.05, 0) is 18.2 Å². The molecule has 0 spiro atoms. The number of aliphatic carboxylic acids is 1. The number of cyclic esters (lactones) is 1. The first-order valence-electron chi connectivity index (χ1n) is 16.2. The summed E-state index contributed by atoms with van der Waals surface area (Å²) in [4.78, 5) is 80.9. The third-order valence-electron chi connectivity index (χ3n) is 9.67. The van der Waals surface area contributed by atoms with E-state index in [0.717, 1.165) is 0 Å². The number of carboxylic acids is 1. The highest BCUT2D eigenvalue weighted by Gasteiger charge is 2.56. The molecular weight excluding hydrogens is 776 g/mol. The van der Waals surface area contributed by atoms with Gasteiger partial charge >= 0.3 is 35.8 Å². The number of carboxylic acid groups (broad SMARTS) is 1. The fourth-order valence-corrected chi connectivity index (χ4v) is 7.06. The van der Waals surface area contributed by atoms with E-state index in [-0.39, 0.29) is 0 Å². The van der Waals surface area contributed by atoms with Gasteiger partial charge in [-0.15, -0.1) is 0 Å². The molecule has 57 heavy (non-hydrogen) atoms. The van der Waals surface area contributed by atoms with Crippen LogP contribution in [0.2, 0.25) is 0 Å². The summed E-state index contributed by atoms with van der Waals surface area (Å²) in [5, 5.41) is 116. The van der Waals surface area contributed by atoms with Crippen LogP contribution >= 0.6 is 0 Å². The maximum atomic E-state index is 14.2. The van der Waals surface area contributed by atoms with Gasteiger partial charge in [-0.3, -0.25) is 9.59 Å². The molecule has 0 saturated carbocycles. The molecule has 4 heterocycles. The molecule has 0 radical (unpaired) electrons. The van der Waals surface area contributed by atoms with Crippen LogP contribution in [0.4, 0.5) is 0 Å². The third-order valence-corrected chi connectivity index (χ3v) is 9.67. The van der Waals surface area contributed by atoms with Gasteiger partial charge in [0.25, 0.3) is 0 Å². The highest BCUT2D eigenvalue weighted by atomic mass is 16.7. The van der Waals surface area contributed by atoms with Crippen molar-refractivity contribution < 1.29 is 113 Å². The summed E-state index contributed by atoms with van der Waals surface area (Å²) < 4.78 is 32.3. The lowest BCUT2D eigenvalue weighted by molar-refractivity contribution is -0.288. The van der Waals surface area contributed by atoms with Crippen LogP contribution in [-0.4, -0.2) is 135 Å². The predicted molar refractivity (Wildman–Crippen MR) is 171 cm³/mol. The zero-order chi connectivity index (χ0) is 41.5. The second kappa shape index (κ2) is 13.5. The molecule has 0 aliphatic carbocycles. The van der Waals surface area contributed by atoms with E-state index in [1.807, 2.05) is 0 Å². The Labute approximate surface area is 314 Å². The van der Waals surface area contributed by atoms with Gasteiger partial charge < -0.3 is 84.6 Å². The Bertz CT molecular complexity index is 2310. The smallest absolute Gasteiger partial charge is 0.341 e. The number of aliphatic hydroxyl groups is 2. The molecule has 23 nitrogen and oxygen atoms in total. The number of esters is 5. The zero-order valence-corrected chi connectivity index (χ0v) is 28.1. The van der Waals surface area contributed by atoms with Crippen LogP contribution in [0.5, 0.6) is 51.7 Å². The van der Waals surface area contributed by atoms with Gasteiger partial charge in [0, 0.05) is 22.6 Å². The van der Waals surface area contributed by atoms with Crippen molar-refractivity contribution in [3.05, 3.63) is 40.5 Å². The summed E-state index contributed by atoms with van der Waals surface area (Å²) in [5.41, 5.74) is -5.69. The maximum Gasteiger partial charge on any atom is 0.341 e. The van der Waals surface area contributed by atoms with E-state index in [2.05, 4.69) is 0 Å². The first-order valence-corrected chi connectivity index (χ1v) is 16.2. The molecule has 0 aromatic heterocycles. The number of hydrogen-bond donors (Lipinski definition) is 11. The third kappa shape index (κ3) is 5.96. The molecule has 1 fully saturated rings. The van der Waals surface area contributed by atoms with E-state index in [9.17, 15) is 84.9 Å². The molecule has 3 aromatic carbocycles. The highest BCUT2D eigenvalue weighted by Crippen LogP contribution is 2.54. The Morgan fingerprint density at radius 1 is 0.632 bits per heavy atom. The largest absolute Gasteiger partial charge is 0.504 e. The Balaban J connectivity index is 1.47. The van der Waals surface area contributed by atoms with Crippen molar-refractivity contribution in [1.82, 2.24) is 0 Å². The number of fused-ring (bicyclic) bond motifs is 3. The minimum Gasteiger partial charge on any atom is -0.504 e. The van der Waals surface area contributed by atoms with Gasteiger partial charge in [-0.1, -0.05) is 0 Å². The van der Waals surface area contributed by atoms with Crippen molar-refractivity contribution in [2.75, 3.05) is 6.61 Å². The summed E-state index contributed by atoms with van der Waals surface area (Å²) in [6.07, 6.45) is -15.1. The van der Waals surface area contributed by atoms with Crippen molar-refractivity contribution in [2.45, 2.75) is 49.1 Å². The highest BCUT2D eigenvalue weighted by molar-refractivity contribution is 6.08. The minimum atomic E-state index is -2.46. The molecule has 8 atom stereocenters. The summed E-state index contributed by atoms with van der Waals surface area (Å²) >= 11 is 0. The van der Waals surface area contributed by atoms with E-state index in [1.54, 1.807) is 0 Å². The van der Waals surface area contributed by atoms with Crippen molar-refractivity contribution in [2.24, 2.45) is 5.92 Å². The topological polar surface area (TPSA) is 380 Å². The second-order valence-electron chi connectivity index (χ2n) is 13.0. The van der Waals surface area contributed by atoms with Crippen molar-refractivity contribution in [3.63, 3.8) is 0 Å². The Hall–Kier alpha value is -7.24. The molecule has 0 amide bonds. The average molecular weight is 803 g/mol. The predicted octanol–water partition coefficient (Wildman–Crippen LogP) is -0.983. The lowest BCUT2D eigenvalue weighted by Gasteiger charge is -2.43. The van der Waals surface area contributed by atoms with Crippen LogP contribution in [0.15, 0.2) is 18.2 Å². The number of aromatic hydroxyl groups is 8. The number of phenolic OH excluding ortho intramolecular Hbond substituents is 8. The SMILES string of the molecule is O=C(O)C[C@@H]1C(=O)O[C@H]2[C@@H]3OC(=O)c4cc(O)c(O)c(O)c4-c4c(cc(O)c(O)c4O)C(=O)OC[C@H]2O[C@@H](O)[C@@H]3OC(=O)c2cc(O)c(O)c3c2[C@H]1[C@H](O)C(=O)O3. The van der Waals surface area contributed by atoms with Crippen LogP contribution < -0.4 is 4.74 Å². The Morgan fingerprint density at radius 3 is 1.75 bits per heavy atom. The van der Waals surface area contributed by atoms with Gasteiger partial charge in [0.2, 0.25) is 17.2 Å². The van der Waals surface area contributed by atoms with Crippen LogP contribution in [0.1, 0.15) is 49.0 Å². The van der Waals surface area contributed by atoms with Crippen molar-refractivity contribution in [1.29, 1.82) is 0 Å². The monoisotopic (exact) mass is 802 g/mol. The number of rotatable bonds is 2. The van der Waals surface area contributed by atoms with Crippen molar-refractivity contribution in [3.8, 4) is 62.9 Å². The Morgan fingerprint density at radius 2 is 1.16 bits per heavy atom. The number of aliphatic hydroxyl groups excluding tert-OH is 2. The number of carbonyl (C=O) groups excluding carboxylic acids is 5. The maximum absolute atomic E-state index is 14.2. The Kier molecular flexibility index (Phi) is 9.01. The van der Waals surface area contributed by atoms with Gasteiger partial charge in [0.05, 0.1) is 29.0 Å². The fraction of sp³-hybridized carbons (Fsp3) is 0.294. The van der Waals surface area contributed by atoms with E-state index in [4.69, 9.17) is 28.4 Å². The summed E-state index contributed by atoms with van der Waals surface area (Å²) in [6.45, 7) is -1.14. The number of benzene rings is 3. The second-order valence-corrected chi connectivity index (χ2v) is 13.0. The number of phenols is 8. The molecule has 1 saturated heterocycles. The molecule has 7 rings (SSSR count). The molecule has 23 heteroatoms. The van der Waals surface area contributed by atoms with Crippen LogP contribution in [0.3, 0.4) is 0 Å². The number of hydrogen-bond acceptors (Lipinski definition) is 22. The van der Waals surface area contributed by atoms with Crippen LogP contribution in [0.25, 0.3) is 11.1 Å². The molecule has 11 N–H and O–H groups in total.